The molecule has 30 heavy (non-hydrogen) atoms. The standard InChI is InChI=1S/C12H16OS.C3F6NO4S2/c1-9-7-11(8-10(2)12(9)13)14-5-3-4-6-14;4-1(5)2(6,7)15(11,12)10-16(13,14)3(1,8)9/h7-8H,3-6H2,1-2H3;/q;-1/p+1. The molecule has 15 heteroatoms. The zero-order valence-corrected chi connectivity index (χ0v) is 18.0. The zero-order chi connectivity index (χ0) is 23.3. The predicted molar refractivity (Wildman–Crippen MR) is 98.2 cm³/mol. The van der Waals surface area contributed by atoms with Crippen LogP contribution >= 0.6 is 0 Å². The van der Waals surface area contributed by atoms with E-state index in [1.807, 2.05) is 13.8 Å². The van der Waals surface area contributed by atoms with E-state index < -0.39 is 36.5 Å². The van der Waals surface area contributed by atoms with E-state index >= 15 is 0 Å². The van der Waals surface area contributed by atoms with Gasteiger partial charge >= 0.3 is 16.4 Å². The molecule has 3 rings (SSSR count). The number of halogens is 6. The highest BCUT2D eigenvalue weighted by Crippen LogP contribution is 2.57. The number of hydrogen-bond donors (Lipinski definition) is 1. The normalized spacial score (nSPS) is 25.9. The predicted octanol–water partition coefficient (Wildman–Crippen LogP) is 3.63. The number of phenolic OH excluding ortho intramolecular Hbond substituents is 1. The van der Waals surface area contributed by atoms with Crippen molar-refractivity contribution in [3.8, 4) is 5.75 Å². The van der Waals surface area contributed by atoms with Crippen LogP contribution in [0, 0.1) is 13.8 Å². The molecule has 2 fully saturated rings. The summed E-state index contributed by atoms with van der Waals surface area (Å²) in [7, 11) is -12.7. The molecule has 0 radical (unpaired) electrons. The van der Waals surface area contributed by atoms with Crippen LogP contribution in [0.25, 0.3) is 4.13 Å². The van der Waals surface area contributed by atoms with Crippen LogP contribution in [0.1, 0.15) is 24.0 Å². The number of aryl methyl sites for hydroxylation is 2. The smallest absolute Gasteiger partial charge is 0.399 e. The number of benzene rings is 1. The third-order valence-corrected chi connectivity index (χ3v) is 10.2. The molecule has 0 atom stereocenters. The first-order valence-corrected chi connectivity index (χ1v) is 12.7. The van der Waals surface area contributed by atoms with Gasteiger partial charge in [0.05, 0.1) is 0 Å². The Morgan fingerprint density at radius 1 is 0.867 bits per heavy atom. The first kappa shape index (κ1) is 25.1. The lowest BCUT2D eigenvalue weighted by Crippen LogP contribution is -2.64. The Balaban J connectivity index is 0.000000215. The van der Waals surface area contributed by atoms with E-state index in [1.54, 1.807) is 0 Å². The minimum atomic E-state index is -6.60. The van der Waals surface area contributed by atoms with E-state index in [2.05, 4.69) is 12.1 Å². The summed E-state index contributed by atoms with van der Waals surface area (Å²) < 4.78 is 117. The molecule has 2 saturated heterocycles. The lowest BCUT2D eigenvalue weighted by molar-refractivity contribution is -0.244. The average Bonchev–Trinajstić information content (AvgIpc) is 3.12. The van der Waals surface area contributed by atoms with Gasteiger partial charge in [0.15, 0.2) is 24.9 Å². The van der Waals surface area contributed by atoms with Crippen LogP contribution in [0.15, 0.2) is 17.0 Å². The first-order chi connectivity index (χ1) is 13.4. The van der Waals surface area contributed by atoms with E-state index in [4.69, 9.17) is 0 Å². The minimum absolute atomic E-state index is 0.469. The van der Waals surface area contributed by atoms with Gasteiger partial charge in [-0.1, -0.05) is 0 Å². The van der Waals surface area contributed by atoms with Gasteiger partial charge in [0.25, 0.3) is 0 Å². The molecule has 1 N–H and O–H groups in total. The number of sulfonamides is 2. The fourth-order valence-electron chi connectivity index (χ4n) is 2.69. The largest absolute Gasteiger partial charge is 0.507 e. The fourth-order valence-corrected chi connectivity index (χ4v) is 7.91. The Bertz CT molecular complexity index is 968. The number of phenols is 1. The monoisotopic (exact) mass is 501 g/mol. The maximum absolute atomic E-state index is 12.4. The van der Waals surface area contributed by atoms with Crippen LogP contribution in [0.4, 0.5) is 26.3 Å². The molecule has 0 saturated carbocycles. The lowest BCUT2D eigenvalue weighted by atomic mass is 10.1. The topological polar surface area (TPSA) is 103 Å². The molecule has 2 aliphatic rings. The van der Waals surface area contributed by atoms with E-state index in [-0.39, 0.29) is 0 Å². The van der Waals surface area contributed by atoms with Crippen molar-refractivity contribution in [3.63, 3.8) is 0 Å². The van der Waals surface area contributed by atoms with Gasteiger partial charge in [-0.25, -0.2) is 16.8 Å². The van der Waals surface area contributed by atoms with Gasteiger partial charge in [-0.3, -0.25) is 0 Å². The van der Waals surface area contributed by atoms with Crippen molar-refractivity contribution < 1.29 is 48.3 Å². The Hall–Kier alpha value is -1.19. The first-order valence-electron chi connectivity index (χ1n) is 8.23. The van der Waals surface area contributed by atoms with Crippen LogP contribution in [0.3, 0.4) is 0 Å². The van der Waals surface area contributed by atoms with E-state index in [0.717, 1.165) is 15.3 Å². The van der Waals surface area contributed by atoms with Gasteiger partial charge in [-0.05, 0) is 49.9 Å². The molecule has 1 aromatic carbocycles. The second kappa shape index (κ2) is 7.74. The summed E-state index contributed by atoms with van der Waals surface area (Å²) in [6, 6.07) is 4.33. The summed E-state index contributed by atoms with van der Waals surface area (Å²) >= 11 is 0. The average molecular weight is 501 g/mol. The van der Waals surface area contributed by atoms with Gasteiger partial charge in [-0.2, -0.15) is 26.3 Å². The number of rotatable bonds is 1. The molecule has 2 aliphatic heterocycles. The number of nitrogens with zero attached hydrogens (tertiary/aromatic N) is 1. The van der Waals surface area contributed by atoms with Crippen molar-refractivity contribution in [2.24, 2.45) is 0 Å². The summed E-state index contributed by atoms with van der Waals surface area (Å²) in [6.45, 7) is 3.98. The van der Waals surface area contributed by atoms with Crippen molar-refractivity contribution in [1.82, 2.24) is 0 Å². The van der Waals surface area contributed by atoms with E-state index in [9.17, 15) is 48.3 Å². The molecule has 172 valence electrons. The van der Waals surface area contributed by atoms with Crippen LogP contribution in [-0.2, 0) is 30.9 Å². The van der Waals surface area contributed by atoms with Crippen molar-refractivity contribution in [3.05, 3.63) is 27.4 Å². The summed E-state index contributed by atoms with van der Waals surface area (Å²) in [5.74, 6) is -3.43. The van der Waals surface area contributed by atoms with Crippen LogP contribution in [-0.4, -0.2) is 49.9 Å². The third kappa shape index (κ3) is 3.88. The highest BCUT2D eigenvalue weighted by atomic mass is 32.3. The van der Waals surface area contributed by atoms with E-state index in [1.165, 1.54) is 29.2 Å². The fraction of sp³-hybridized carbons (Fsp3) is 0.600. The van der Waals surface area contributed by atoms with Gasteiger partial charge in [0.1, 0.15) is 17.3 Å². The molecule has 0 bridgehead atoms. The quantitative estimate of drug-likeness (QED) is 0.468. The van der Waals surface area contributed by atoms with Gasteiger partial charge in [-0.15, -0.1) is 0 Å². The lowest BCUT2D eigenvalue weighted by Gasteiger charge is -2.42. The molecule has 0 aliphatic carbocycles. The van der Waals surface area contributed by atoms with Gasteiger partial charge < -0.3 is 9.23 Å². The molecule has 0 unspecified atom stereocenters. The van der Waals surface area contributed by atoms with Crippen LogP contribution < -0.4 is 0 Å². The molecule has 0 aromatic heterocycles. The Morgan fingerprint density at radius 3 is 1.60 bits per heavy atom. The zero-order valence-electron chi connectivity index (χ0n) is 15.5. The molecule has 6 nitrogen and oxygen atoms in total. The van der Waals surface area contributed by atoms with E-state index in [0.29, 0.717) is 16.6 Å². The van der Waals surface area contributed by atoms with Crippen molar-refractivity contribution in [2.75, 3.05) is 11.5 Å². The third-order valence-electron chi connectivity index (χ3n) is 4.40. The Labute approximate surface area is 172 Å². The SMILES string of the molecule is Cc1cc([S+]2CCCC2)cc(C)c1O.O=S1(=O)[N-]S(=O)(=O)C(F)(F)C(F)(F)C1(F)F. The molecule has 1 aromatic rings. The van der Waals surface area contributed by atoms with Gasteiger partial charge in [0.2, 0.25) is 0 Å². The summed E-state index contributed by atoms with van der Waals surface area (Å²) in [4.78, 5) is 1.45. The second-order valence-corrected chi connectivity index (χ2v) is 12.4. The number of alkyl halides is 6. The highest BCUT2D eigenvalue weighted by Gasteiger charge is 2.81. The number of hydrogen-bond acceptors (Lipinski definition) is 5. The summed E-state index contributed by atoms with van der Waals surface area (Å²) in [5, 5.41) is -2.92. The van der Waals surface area contributed by atoms with Gasteiger partial charge in [0, 0.05) is 10.9 Å². The van der Waals surface area contributed by atoms with Crippen molar-refractivity contribution in [2.45, 2.75) is 48.0 Å². The van der Waals surface area contributed by atoms with Crippen LogP contribution in [0.2, 0.25) is 0 Å². The second-order valence-electron chi connectivity index (χ2n) is 6.65. The highest BCUT2D eigenvalue weighted by molar-refractivity contribution is 8.13. The van der Waals surface area contributed by atoms with Crippen molar-refractivity contribution >= 4 is 30.9 Å². The molecule has 0 amide bonds. The van der Waals surface area contributed by atoms with Crippen LogP contribution in [0.5, 0.6) is 5.75 Å². The maximum Gasteiger partial charge on any atom is 0.399 e. The molecular weight excluding hydrogens is 484 g/mol. The van der Waals surface area contributed by atoms with Crippen molar-refractivity contribution in [1.29, 1.82) is 0 Å². The minimum Gasteiger partial charge on any atom is -0.507 e. The summed E-state index contributed by atoms with van der Waals surface area (Å²) in [6.07, 6.45) is 2.75. The summed E-state index contributed by atoms with van der Waals surface area (Å²) in [5.41, 5.74) is 2.05. The number of aromatic hydroxyl groups is 1. The Kier molecular flexibility index (Phi) is 6.47. The maximum atomic E-state index is 12.4. The Morgan fingerprint density at radius 2 is 1.23 bits per heavy atom. The molecule has 2 heterocycles. The molecule has 0 spiro atoms. The molecular formula is C15H17F6NO5S3.